The molecule has 0 amide bonds. The van der Waals surface area contributed by atoms with Crippen molar-refractivity contribution >= 4 is 17.2 Å². The summed E-state index contributed by atoms with van der Waals surface area (Å²) in [6.07, 6.45) is 8.18. The molecule has 0 aliphatic heterocycles. The summed E-state index contributed by atoms with van der Waals surface area (Å²) < 4.78 is 7.76. The van der Waals surface area contributed by atoms with Gasteiger partial charge in [-0.15, -0.1) is 11.3 Å². The van der Waals surface area contributed by atoms with Crippen molar-refractivity contribution in [1.29, 1.82) is 0 Å². The van der Waals surface area contributed by atoms with Crippen molar-refractivity contribution in [3.63, 3.8) is 0 Å². The summed E-state index contributed by atoms with van der Waals surface area (Å²) in [7, 11) is 1.70. The molecule has 0 radical (unpaired) electrons. The molecule has 0 unspecified atom stereocenters. The molecule has 27 heavy (non-hydrogen) atoms. The molecule has 0 atom stereocenters. The topological polar surface area (TPSA) is 39.4 Å². The van der Waals surface area contributed by atoms with E-state index in [1.807, 2.05) is 30.5 Å². The van der Waals surface area contributed by atoms with Gasteiger partial charge in [-0.3, -0.25) is 0 Å². The number of methoxy groups -OCH3 is 1. The lowest BCUT2D eigenvalue weighted by Crippen LogP contribution is -2.23. The molecule has 3 aromatic rings. The highest BCUT2D eigenvalue weighted by molar-refractivity contribution is 7.07. The van der Waals surface area contributed by atoms with Crippen LogP contribution in [0.5, 0.6) is 5.75 Å². The number of ether oxygens (including phenoxy) is 1. The molecule has 1 saturated carbocycles. The Labute approximate surface area is 164 Å². The molecule has 2 aromatic heterocycles. The summed E-state index contributed by atoms with van der Waals surface area (Å²) in [4.78, 5) is 10.4. The van der Waals surface area contributed by atoms with Gasteiger partial charge >= 0.3 is 0 Å². The van der Waals surface area contributed by atoms with E-state index in [4.69, 9.17) is 9.73 Å². The zero-order chi connectivity index (χ0) is 18.6. The molecule has 0 N–H and O–H groups in total. The number of hydrogen-bond acceptors (Lipinski definition) is 4. The lowest BCUT2D eigenvalue weighted by molar-refractivity contribution is 0.351. The lowest BCUT2D eigenvalue weighted by atomic mass is 9.95. The van der Waals surface area contributed by atoms with Crippen LogP contribution in [-0.2, 0) is 0 Å². The van der Waals surface area contributed by atoms with E-state index in [1.54, 1.807) is 18.4 Å². The van der Waals surface area contributed by atoms with E-state index in [-0.39, 0.29) is 0 Å². The van der Waals surface area contributed by atoms with E-state index in [2.05, 4.69) is 34.0 Å². The van der Waals surface area contributed by atoms with Crippen molar-refractivity contribution in [3.8, 4) is 17.0 Å². The third kappa shape index (κ3) is 3.98. The first-order chi connectivity index (χ1) is 13.2. The number of aromatic nitrogens is 2. The molecule has 0 saturated heterocycles. The third-order valence-electron chi connectivity index (χ3n) is 5.18. The first-order valence-electron chi connectivity index (χ1n) is 9.56. The zero-order valence-corrected chi connectivity index (χ0v) is 16.7. The van der Waals surface area contributed by atoms with Crippen molar-refractivity contribution < 1.29 is 4.74 Å². The second-order valence-corrected chi connectivity index (χ2v) is 7.93. The minimum atomic E-state index is 0.505. The van der Waals surface area contributed by atoms with E-state index in [0.717, 1.165) is 16.4 Å². The molecule has 0 spiro atoms. The van der Waals surface area contributed by atoms with Crippen molar-refractivity contribution in [2.45, 2.75) is 45.1 Å². The van der Waals surface area contributed by atoms with Gasteiger partial charge in [0.15, 0.2) is 10.6 Å². The second kappa shape index (κ2) is 8.09. The highest BCUT2D eigenvalue weighted by atomic mass is 32.1. The van der Waals surface area contributed by atoms with Crippen LogP contribution in [-0.4, -0.2) is 16.7 Å². The summed E-state index contributed by atoms with van der Waals surface area (Å²) in [5, 5.41) is 2.23. The van der Waals surface area contributed by atoms with Gasteiger partial charge in [0.25, 0.3) is 0 Å². The van der Waals surface area contributed by atoms with Crippen LogP contribution < -0.4 is 9.54 Å². The summed E-state index contributed by atoms with van der Waals surface area (Å²) in [6, 6.07) is 12.9. The zero-order valence-electron chi connectivity index (χ0n) is 15.9. The maximum atomic E-state index is 5.32. The normalized spacial score (nSPS) is 15.9. The molecular formula is C22H25N3OS. The van der Waals surface area contributed by atoms with Gasteiger partial charge in [-0.2, -0.15) is 0 Å². The van der Waals surface area contributed by atoms with Gasteiger partial charge in [0.1, 0.15) is 5.75 Å². The van der Waals surface area contributed by atoms with E-state index >= 15 is 0 Å². The van der Waals surface area contributed by atoms with Crippen LogP contribution in [0, 0.1) is 6.92 Å². The summed E-state index contributed by atoms with van der Waals surface area (Å²) in [5.41, 5.74) is 3.62. The summed E-state index contributed by atoms with van der Waals surface area (Å²) >= 11 is 1.70. The fourth-order valence-electron chi connectivity index (χ4n) is 3.75. The molecule has 0 bridgehead atoms. The van der Waals surface area contributed by atoms with E-state index in [1.165, 1.54) is 48.9 Å². The van der Waals surface area contributed by atoms with Crippen molar-refractivity contribution in [1.82, 2.24) is 9.55 Å². The maximum absolute atomic E-state index is 5.32. The van der Waals surface area contributed by atoms with Crippen LogP contribution >= 0.6 is 11.3 Å². The second-order valence-electron chi connectivity index (χ2n) is 7.10. The maximum Gasteiger partial charge on any atom is 0.192 e. The van der Waals surface area contributed by atoms with Gasteiger partial charge in [-0.05, 0) is 67.3 Å². The van der Waals surface area contributed by atoms with Crippen molar-refractivity contribution in [3.05, 3.63) is 58.3 Å². The predicted molar refractivity (Wildman–Crippen MR) is 111 cm³/mol. The average Bonchev–Trinajstić information content (AvgIpc) is 3.12. The molecule has 4 rings (SSSR count). The molecule has 5 heteroatoms. The van der Waals surface area contributed by atoms with E-state index in [9.17, 15) is 0 Å². The number of benzene rings is 1. The number of rotatable bonds is 4. The number of pyridine rings is 1. The molecule has 2 heterocycles. The Morgan fingerprint density at radius 2 is 1.89 bits per heavy atom. The standard InChI is InChI=1S/C22H25N3OS/c1-16-12-13-23-21(14-16)24-22-25(18-6-4-3-5-7-18)20(15-27-22)17-8-10-19(26-2)11-9-17/h8-15,18H,3-7H2,1-2H3. The molecule has 1 aliphatic carbocycles. The monoisotopic (exact) mass is 379 g/mol. The van der Waals surface area contributed by atoms with Crippen LogP contribution in [0.4, 0.5) is 5.82 Å². The largest absolute Gasteiger partial charge is 0.497 e. The fraction of sp³-hybridized carbons (Fsp3) is 0.364. The number of hydrogen-bond donors (Lipinski definition) is 0. The molecule has 1 fully saturated rings. The van der Waals surface area contributed by atoms with Crippen LogP contribution in [0.1, 0.15) is 43.7 Å². The number of aryl methyl sites for hydroxylation is 1. The van der Waals surface area contributed by atoms with Crippen molar-refractivity contribution in [2.24, 2.45) is 4.99 Å². The smallest absolute Gasteiger partial charge is 0.192 e. The van der Waals surface area contributed by atoms with Crippen LogP contribution in [0.2, 0.25) is 0 Å². The minimum absolute atomic E-state index is 0.505. The van der Waals surface area contributed by atoms with Crippen LogP contribution in [0.25, 0.3) is 11.3 Å². The van der Waals surface area contributed by atoms with E-state index in [0.29, 0.717) is 6.04 Å². The molecular weight excluding hydrogens is 354 g/mol. The Hall–Kier alpha value is -2.40. The Morgan fingerprint density at radius 1 is 1.11 bits per heavy atom. The third-order valence-corrected chi connectivity index (χ3v) is 6.02. The summed E-state index contributed by atoms with van der Waals surface area (Å²) in [5.74, 6) is 1.66. The Bertz CT molecular complexity index is 966. The first kappa shape index (κ1) is 18.0. The summed E-state index contributed by atoms with van der Waals surface area (Å²) in [6.45, 7) is 2.08. The van der Waals surface area contributed by atoms with E-state index < -0.39 is 0 Å². The van der Waals surface area contributed by atoms with Gasteiger partial charge in [0.2, 0.25) is 0 Å². The quantitative estimate of drug-likeness (QED) is 0.586. The molecule has 140 valence electrons. The van der Waals surface area contributed by atoms with Gasteiger partial charge < -0.3 is 9.30 Å². The predicted octanol–water partition coefficient (Wildman–Crippen LogP) is 5.67. The Kier molecular flexibility index (Phi) is 5.39. The minimum Gasteiger partial charge on any atom is -0.497 e. The first-order valence-corrected chi connectivity index (χ1v) is 10.4. The molecule has 4 nitrogen and oxygen atoms in total. The molecule has 1 aromatic carbocycles. The number of nitrogens with zero attached hydrogens (tertiary/aromatic N) is 3. The van der Waals surface area contributed by atoms with Gasteiger partial charge in [-0.1, -0.05) is 19.3 Å². The van der Waals surface area contributed by atoms with Crippen LogP contribution in [0.15, 0.2) is 53.0 Å². The Balaban J connectivity index is 1.82. The van der Waals surface area contributed by atoms with Gasteiger partial charge in [0.05, 0.1) is 12.8 Å². The highest BCUT2D eigenvalue weighted by Crippen LogP contribution is 2.33. The van der Waals surface area contributed by atoms with Crippen LogP contribution in [0.3, 0.4) is 0 Å². The average molecular weight is 380 g/mol. The Morgan fingerprint density at radius 3 is 2.59 bits per heavy atom. The SMILES string of the molecule is COc1ccc(-c2csc(=Nc3cc(C)ccn3)n2C2CCCCC2)cc1. The fourth-order valence-corrected chi connectivity index (χ4v) is 4.72. The number of thiazole rings is 1. The highest BCUT2D eigenvalue weighted by Gasteiger charge is 2.20. The van der Waals surface area contributed by atoms with Crippen molar-refractivity contribution in [2.75, 3.05) is 7.11 Å². The molecule has 1 aliphatic rings. The van der Waals surface area contributed by atoms with Gasteiger partial charge in [0, 0.05) is 17.6 Å². The lowest BCUT2D eigenvalue weighted by Gasteiger charge is -2.25. The van der Waals surface area contributed by atoms with Gasteiger partial charge in [-0.25, -0.2) is 9.98 Å².